The van der Waals surface area contributed by atoms with Crippen LogP contribution < -0.4 is 15.2 Å². The smallest absolute Gasteiger partial charge is 0.397 e. The Hall–Kier alpha value is -1.48. The van der Waals surface area contributed by atoms with Crippen molar-refractivity contribution >= 4 is 21.6 Å². The zero-order valence-corrected chi connectivity index (χ0v) is 10.5. The summed E-state index contributed by atoms with van der Waals surface area (Å²) in [6.07, 6.45) is -3.01. The van der Waals surface area contributed by atoms with Crippen LogP contribution in [0.4, 0.5) is 24.5 Å². The van der Waals surface area contributed by atoms with Crippen LogP contribution in [-0.4, -0.2) is 14.5 Å². The maximum Gasteiger partial charge on any atom is 0.416 e. The lowest BCUT2D eigenvalue weighted by Crippen LogP contribution is -2.32. The van der Waals surface area contributed by atoms with Crippen LogP contribution in [0.2, 0.25) is 0 Å². The molecule has 19 heavy (non-hydrogen) atoms. The zero-order valence-electron chi connectivity index (χ0n) is 9.66. The van der Waals surface area contributed by atoms with E-state index in [4.69, 9.17) is 5.73 Å². The fourth-order valence-electron chi connectivity index (χ4n) is 1.43. The molecule has 1 aliphatic carbocycles. The number of halogens is 3. The van der Waals surface area contributed by atoms with Gasteiger partial charge in [0.1, 0.15) is 0 Å². The number of alkyl halides is 3. The van der Waals surface area contributed by atoms with Gasteiger partial charge in [0.25, 0.3) is 10.2 Å². The molecule has 0 bridgehead atoms. The van der Waals surface area contributed by atoms with E-state index in [1.54, 1.807) is 0 Å². The van der Waals surface area contributed by atoms with E-state index < -0.39 is 21.9 Å². The summed E-state index contributed by atoms with van der Waals surface area (Å²) in [6.45, 7) is 0. The SMILES string of the molecule is Nc1cc(C(F)(F)F)ccc1NS(=O)(=O)NC1CC1. The van der Waals surface area contributed by atoms with Crippen molar-refractivity contribution in [1.29, 1.82) is 0 Å². The number of anilines is 2. The Morgan fingerprint density at radius 3 is 2.37 bits per heavy atom. The Morgan fingerprint density at radius 1 is 1.26 bits per heavy atom. The minimum atomic E-state index is -4.52. The highest BCUT2D eigenvalue weighted by atomic mass is 32.2. The largest absolute Gasteiger partial charge is 0.416 e. The van der Waals surface area contributed by atoms with Gasteiger partial charge in [0.05, 0.1) is 16.9 Å². The lowest BCUT2D eigenvalue weighted by molar-refractivity contribution is -0.137. The third-order valence-electron chi connectivity index (χ3n) is 2.52. The molecular weight excluding hydrogens is 283 g/mol. The van der Waals surface area contributed by atoms with Crippen LogP contribution in [0.5, 0.6) is 0 Å². The predicted octanol–water partition coefficient (Wildman–Crippen LogP) is 1.70. The summed E-state index contributed by atoms with van der Waals surface area (Å²) in [4.78, 5) is 0. The fourth-order valence-corrected chi connectivity index (χ4v) is 2.64. The number of hydrogen-bond acceptors (Lipinski definition) is 3. The van der Waals surface area contributed by atoms with E-state index >= 15 is 0 Å². The van der Waals surface area contributed by atoms with Crippen LogP contribution in [0.25, 0.3) is 0 Å². The zero-order chi connectivity index (χ0) is 14.3. The Morgan fingerprint density at radius 2 is 1.89 bits per heavy atom. The first kappa shape index (κ1) is 13.9. The van der Waals surface area contributed by atoms with Gasteiger partial charge in [-0.2, -0.15) is 26.3 Å². The van der Waals surface area contributed by atoms with E-state index in [2.05, 4.69) is 9.44 Å². The third-order valence-corrected chi connectivity index (χ3v) is 3.65. The highest BCUT2D eigenvalue weighted by Crippen LogP contribution is 2.33. The molecular formula is C10H12F3N3O2S. The lowest BCUT2D eigenvalue weighted by Gasteiger charge is -2.13. The minimum Gasteiger partial charge on any atom is -0.397 e. The van der Waals surface area contributed by atoms with Gasteiger partial charge < -0.3 is 5.73 Å². The van der Waals surface area contributed by atoms with Crippen molar-refractivity contribution in [3.05, 3.63) is 23.8 Å². The maximum atomic E-state index is 12.4. The molecule has 1 aromatic rings. The van der Waals surface area contributed by atoms with E-state index in [1.807, 2.05) is 0 Å². The van der Waals surface area contributed by atoms with Gasteiger partial charge in [-0.15, -0.1) is 0 Å². The fraction of sp³-hybridized carbons (Fsp3) is 0.400. The van der Waals surface area contributed by atoms with Gasteiger partial charge in [-0.1, -0.05) is 0 Å². The van der Waals surface area contributed by atoms with E-state index in [0.717, 1.165) is 25.0 Å². The van der Waals surface area contributed by atoms with Crippen molar-refractivity contribution in [2.24, 2.45) is 0 Å². The van der Waals surface area contributed by atoms with Gasteiger partial charge >= 0.3 is 6.18 Å². The molecule has 0 unspecified atom stereocenters. The first-order valence-electron chi connectivity index (χ1n) is 5.44. The van der Waals surface area contributed by atoms with Crippen LogP contribution in [0, 0.1) is 0 Å². The van der Waals surface area contributed by atoms with Gasteiger partial charge in [-0.3, -0.25) is 4.72 Å². The summed E-state index contributed by atoms with van der Waals surface area (Å²) in [5.74, 6) is 0. The summed E-state index contributed by atoms with van der Waals surface area (Å²) in [5.41, 5.74) is 4.13. The van der Waals surface area contributed by atoms with Gasteiger partial charge in [-0.05, 0) is 31.0 Å². The van der Waals surface area contributed by atoms with Crippen molar-refractivity contribution in [3.63, 3.8) is 0 Å². The third kappa shape index (κ3) is 3.74. The molecule has 0 atom stereocenters. The van der Waals surface area contributed by atoms with Crippen LogP contribution in [0.3, 0.4) is 0 Å². The maximum absolute atomic E-state index is 12.4. The van der Waals surface area contributed by atoms with Gasteiger partial charge in [0.2, 0.25) is 0 Å². The highest BCUT2D eigenvalue weighted by Gasteiger charge is 2.31. The molecule has 1 aliphatic rings. The van der Waals surface area contributed by atoms with Crippen LogP contribution >= 0.6 is 0 Å². The Labute approximate surface area is 108 Å². The number of nitrogens with one attached hydrogen (secondary N) is 2. The number of nitrogens with two attached hydrogens (primary N) is 1. The van der Waals surface area contributed by atoms with Gasteiger partial charge in [0.15, 0.2) is 0 Å². The van der Waals surface area contributed by atoms with Crippen LogP contribution in [0.1, 0.15) is 18.4 Å². The molecule has 0 spiro atoms. The van der Waals surface area contributed by atoms with Crippen molar-refractivity contribution in [2.75, 3.05) is 10.5 Å². The highest BCUT2D eigenvalue weighted by molar-refractivity contribution is 7.90. The van der Waals surface area contributed by atoms with Crippen LogP contribution in [-0.2, 0) is 16.4 Å². The van der Waals surface area contributed by atoms with E-state index in [9.17, 15) is 21.6 Å². The molecule has 1 saturated carbocycles. The standard InChI is InChI=1S/C10H12F3N3O2S/c11-10(12,13)6-1-4-9(8(14)5-6)16-19(17,18)15-7-2-3-7/h1,4-5,7,15-16H,2-3,14H2. The van der Waals surface area contributed by atoms with Crippen molar-refractivity contribution in [3.8, 4) is 0 Å². The monoisotopic (exact) mass is 295 g/mol. The summed E-state index contributed by atoms with van der Waals surface area (Å²) in [6, 6.07) is 2.35. The Balaban J connectivity index is 2.17. The summed E-state index contributed by atoms with van der Waals surface area (Å²) in [5, 5.41) is 0. The van der Waals surface area contributed by atoms with Crippen molar-refractivity contribution in [1.82, 2.24) is 4.72 Å². The second kappa shape index (κ2) is 4.57. The van der Waals surface area contributed by atoms with Gasteiger partial charge in [-0.25, -0.2) is 0 Å². The van der Waals surface area contributed by atoms with Crippen molar-refractivity contribution in [2.45, 2.75) is 25.1 Å². The van der Waals surface area contributed by atoms with E-state index in [1.165, 1.54) is 0 Å². The molecule has 0 aliphatic heterocycles. The number of nitrogen functional groups attached to an aromatic ring is 1. The van der Waals surface area contributed by atoms with Crippen molar-refractivity contribution < 1.29 is 21.6 Å². The molecule has 0 amide bonds. The average Bonchev–Trinajstić information content (AvgIpc) is 3.02. The number of hydrogen-bond donors (Lipinski definition) is 3. The second-order valence-electron chi connectivity index (χ2n) is 4.30. The summed E-state index contributed by atoms with van der Waals surface area (Å²) >= 11 is 0. The lowest BCUT2D eigenvalue weighted by atomic mass is 10.2. The van der Waals surface area contributed by atoms with Crippen LogP contribution in [0.15, 0.2) is 18.2 Å². The number of rotatable bonds is 4. The molecule has 0 radical (unpaired) electrons. The normalized spacial score (nSPS) is 16.4. The van der Waals surface area contributed by atoms with E-state index in [-0.39, 0.29) is 17.4 Å². The molecule has 5 nitrogen and oxygen atoms in total. The summed E-state index contributed by atoms with van der Waals surface area (Å²) < 4.78 is 64.8. The van der Waals surface area contributed by atoms with Gasteiger partial charge in [0, 0.05) is 6.04 Å². The quantitative estimate of drug-likeness (QED) is 0.739. The summed E-state index contributed by atoms with van der Waals surface area (Å²) in [7, 11) is -3.80. The predicted molar refractivity (Wildman–Crippen MR) is 64.6 cm³/mol. The molecule has 1 fully saturated rings. The minimum absolute atomic E-state index is 0.0823. The average molecular weight is 295 g/mol. The Kier molecular flexibility index (Phi) is 3.35. The topological polar surface area (TPSA) is 84.2 Å². The molecule has 0 aromatic heterocycles. The first-order chi connectivity index (χ1) is 8.67. The van der Waals surface area contributed by atoms with E-state index in [0.29, 0.717) is 6.07 Å². The molecule has 4 N–H and O–H groups in total. The molecule has 0 saturated heterocycles. The number of benzene rings is 1. The molecule has 2 rings (SSSR count). The Bertz CT molecular complexity index is 582. The molecule has 1 aromatic carbocycles. The molecule has 106 valence electrons. The molecule has 0 heterocycles. The second-order valence-corrected chi connectivity index (χ2v) is 5.74. The first-order valence-corrected chi connectivity index (χ1v) is 6.92. The molecule has 9 heteroatoms.